The molecule has 0 saturated carbocycles. The molecule has 1 aliphatic rings. The minimum Gasteiger partial charge on any atom is -0.372 e. The van der Waals surface area contributed by atoms with Crippen LogP contribution in [0.3, 0.4) is 0 Å². The first-order valence-corrected chi connectivity index (χ1v) is 7.02. The number of aromatic nitrogens is 2. The molecule has 0 spiro atoms. The van der Waals surface area contributed by atoms with Gasteiger partial charge in [0.05, 0.1) is 5.39 Å². The second kappa shape index (κ2) is 3.95. The molecular weight excluding hydrogens is 230 g/mol. The quantitative estimate of drug-likeness (QED) is 0.884. The third-order valence-electron chi connectivity index (χ3n) is 3.34. The van der Waals surface area contributed by atoms with E-state index in [0.717, 1.165) is 16.5 Å². The second-order valence-electron chi connectivity index (χ2n) is 4.87. The fraction of sp³-hybridized carbons (Fsp3) is 0.538. The average Bonchev–Trinajstić information content (AvgIpc) is 2.86. The summed E-state index contributed by atoms with van der Waals surface area (Å²) in [4.78, 5) is 12.1. The SMILES string of the molecule is CNc1nc(C(C)C)nc2sc3c(c12)CCC3. The topological polar surface area (TPSA) is 37.8 Å². The van der Waals surface area contributed by atoms with Gasteiger partial charge in [-0.2, -0.15) is 0 Å². The van der Waals surface area contributed by atoms with Gasteiger partial charge in [0.1, 0.15) is 16.5 Å². The molecular formula is C13H17N3S. The van der Waals surface area contributed by atoms with Crippen LogP contribution in [0.25, 0.3) is 10.2 Å². The Morgan fingerprint density at radius 1 is 1.24 bits per heavy atom. The van der Waals surface area contributed by atoms with Gasteiger partial charge in [-0.15, -0.1) is 11.3 Å². The van der Waals surface area contributed by atoms with Crippen LogP contribution in [-0.2, 0) is 12.8 Å². The third-order valence-corrected chi connectivity index (χ3v) is 4.52. The Bertz CT molecular complexity index is 572. The molecule has 1 N–H and O–H groups in total. The zero-order valence-corrected chi connectivity index (χ0v) is 11.3. The minimum absolute atomic E-state index is 0.378. The second-order valence-corrected chi connectivity index (χ2v) is 5.96. The third kappa shape index (κ3) is 1.62. The number of thiophene rings is 1. The van der Waals surface area contributed by atoms with Crippen LogP contribution in [0.1, 0.15) is 42.5 Å². The maximum atomic E-state index is 4.71. The van der Waals surface area contributed by atoms with Crippen molar-refractivity contribution in [2.75, 3.05) is 12.4 Å². The molecule has 0 bridgehead atoms. The number of hydrogen-bond acceptors (Lipinski definition) is 4. The Morgan fingerprint density at radius 3 is 2.76 bits per heavy atom. The molecule has 0 amide bonds. The highest BCUT2D eigenvalue weighted by Gasteiger charge is 2.22. The molecule has 2 heterocycles. The lowest BCUT2D eigenvalue weighted by atomic mass is 10.1. The van der Waals surface area contributed by atoms with Crippen molar-refractivity contribution in [2.24, 2.45) is 0 Å². The summed E-state index contributed by atoms with van der Waals surface area (Å²) in [5, 5.41) is 4.51. The van der Waals surface area contributed by atoms with Gasteiger partial charge in [0.25, 0.3) is 0 Å². The van der Waals surface area contributed by atoms with Crippen molar-refractivity contribution in [1.29, 1.82) is 0 Å². The van der Waals surface area contributed by atoms with E-state index in [1.807, 2.05) is 18.4 Å². The van der Waals surface area contributed by atoms with E-state index in [4.69, 9.17) is 4.98 Å². The molecule has 0 radical (unpaired) electrons. The summed E-state index contributed by atoms with van der Waals surface area (Å²) in [6.07, 6.45) is 3.69. The molecule has 0 aliphatic heterocycles. The van der Waals surface area contributed by atoms with Gasteiger partial charge in [-0.1, -0.05) is 13.8 Å². The summed E-state index contributed by atoms with van der Waals surface area (Å²) < 4.78 is 0. The van der Waals surface area contributed by atoms with Crippen molar-refractivity contribution < 1.29 is 0 Å². The summed E-state index contributed by atoms with van der Waals surface area (Å²) in [6.45, 7) is 4.28. The summed E-state index contributed by atoms with van der Waals surface area (Å²) in [5.41, 5.74) is 1.49. The van der Waals surface area contributed by atoms with E-state index in [2.05, 4.69) is 24.1 Å². The Labute approximate surface area is 105 Å². The smallest absolute Gasteiger partial charge is 0.138 e. The normalized spacial score (nSPS) is 14.6. The first-order valence-electron chi connectivity index (χ1n) is 6.20. The van der Waals surface area contributed by atoms with E-state index in [1.165, 1.54) is 35.1 Å². The first kappa shape index (κ1) is 11.0. The minimum atomic E-state index is 0.378. The van der Waals surface area contributed by atoms with Gasteiger partial charge in [-0.05, 0) is 24.8 Å². The van der Waals surface area contributed by atoms with Crippen molar-refractivity contribution in [2.45, 2.75) is 39.0 Å². The number of fused-ring (bicyclic) bond motifs is 3. The highest BCUT2D eigenvalue weighted by molar-refractivity contribution is 7.19. The fourth-order valence-corrected chi connectivity index (χ4v) is 3.72. The van der Waals surface area contributed by atoms with Crippen molar-refractivity contribution in [1.82, 2.24) is 9.97 Å². The van der Waals surface area contributed by atoms with Gasteiger partial charge >= 0.3 is 0 Å². The van der Waals surface area contributed by atoms with Crippen LogP contribution in [0.2, 0.25) is 0 Å². The summed E-state index contributed by atoms with van der Waals surface area (Å²) in [5.74, 6) is 2.34. The molecule has 2 aromatic heterocycles. The predicted molar refractivity (Wildman–Crippen MR) is 73.1 cm³/mol. The van der Waals surface area contributed by atoms with Crippen LogP contribution in [0.5, 0.6) is 0 Å². The molecule has 0 saturated heterocycles. The van der Waals surface area contributed by atoms with Gasteiger partial charge in [-0.3, -0.25) is 0 Å². The van der Waals surface area contributed by atoms with E-state index >= 15 is 0 Å². The van der Waals surface area contributed by atoms with E-state index in [-0.39, 0.29) is 0 Å². The molecule has 0 unspecified atom stereocenters. The lowest BCUT2D eigenvalue weighted by Gasteiger charge is -2.08. The average molecular weight is 247 g/mol. The van der Waals surface area contributed by atoms with Gasteiger partial charge in [0.15, 0.2) is 0 Å². The highest BCUT2D eigenvalue weighted by Crippen LogP contribution is 2.39. The van der Waals surface area contributed by atoms with E-state index in [1.54, 1.807) is 0 Å². The number of nitrogens with one attached hydrogen (secondary N) is 1. The summed E-state index contributed by atoms with van der Waals surface area (Å²) in [7, 11) is 1.95. The van der Waals surface area contributed by atoms with Crippen molar-refractivity contribution in [3.8, 4) is 0 Å². The zero-order chi connectivity index (χ0) is 12.0. The molecule has 3 rings (SSSR count). The van der Waals surface area contributed by atoms with Gasteiger partial charge in [0, 0.05) is 17.8 Å². The molecule has 3 nitrogen and oxygen atoms in total. The van der Waals surface area contributed by atoms with Crippen LogP contribution in [0.4, 0.5) is 5.82 Å². The Hall–Kier alpha value is -1.16. The molecule has 90 valence electrons. The number of nitrogens with zero attached hydrogens (tertiary/aromatic N) is 2. The molecule has 1 aliphatic carbocycles. The van der Waals surface area contributed by atoms with Gasteiger partial charge < -0.3 is 5.32 Å². The lowest BCUT2D eigenvalue weighted by Crippen LogP contribution is -2.02. The number of hydrogen-bond donors (Lipinski definition) is 1. The lowest BCUT2D eigenvalue weighted by molar-refractivity contribution is 0.785. The van der Waals surface area contributed by atoms with Crippen LogP contribution >= 0.6 is 11.3 Å². The molecule has 2 aromatic rings. The van der Waals surface area contributed by atoms with Crippen molar-refractivity contribution >= 4 is 27.4 Å². The summed E-state index contributed by atoms with van der Waals surface area (Å²) in [6, 6.07) is 0. The van der Waals surface area contributed by atoms with E-state index < -0.39 is 0 Å². The Balaban J connectivity index is 2.30. The Kier molecular flexibility index (Phi) is 2.54. The van der Waals surface area contributed by atoms with Crippen LogP contribution in [0.15, 0.2) is 0 Å². The highest BCUT2D eigenvalue weighted by atomic mass is 32.1. The van der Waals surface area contributed by atoms with Crippen LogP contribution in [-0.4, -0.2) is 17.0 Å². The fourth-order valence-electron chi connectivity index (χ4n) is 2.45. The molecule has 0 atom stereocenters. The monoisotopic (exact) mass is 247 g/mol. The van der Waals surface area contributed by atoms with Gasteiger partial charge in [-0.25, -0.2) is 9.97 Å². The van der Waals surface area contributed by atoms with Crippen molar-refractivity contribution in [3.05, 3.63) is 16.3 Å². The molecule has 17 heavy (non-hydrogen) atoms. The molecule has 4 heteroatoms. The molecule has 0 aromatic carbocycles. The Morgan fingerprint density at radius 2 is 2.06 bits per heavy atom. The standard InChI is InChI=1S/C13H17N3S/c1-7(2)11-15-12(14-3)10-8-5-4-6-9(8)17-13(10)16-11/h7H,4-6H2,1-3H3,(H,14,15,16). The predicted octanol–water partition coefficient (Wildman–Crippen LogP) is 3.35. The number of aryl methyl sites for hydroxylation is 2. The maximum absolute atomic E-state index is 4.71. The number of rotatable bonds is 2. The van der Waals surface area contributed by atoms with Crippen LogP contribution < -0.4 is 5.32 Å². The maximum Gasteiger partial charge on any atom is 0.138 e. The number of anilines is 1. The van der Waals surface area contributed by atoms with Crippen molar-refractivity contribution in [3.63, 3.8) is 0 Å². The van der Waals surface area contributed by atoms with E-state index in [0.29, 0.717) is 5.92 Å². The van der Waals surface area contributed by atoms with E-state index in [9.17, 15) is 0 Å². The van der Waals surface area contributed by atoms with Gasteiger partial charge in [0.2, 0.25) is 0 Å². The molecule has 0 fully saturated rings. The zero-order valence-electron chi connectivity index (χ0n) is 10.5. The first-order chi connectivity index (χ1) is 8.20. The summed E-state index contributed by atoms with van der Waals surface area (Å²) >= 11 is 1.86. The largest absolute Gasteiger partial charge is 0.372 e. The van der Waals surface area contributed by atoms with Crippen LogP contribution in [0, 0.1) is 0 Å².